The lowest BCUT2D eigenvalue weighted by atomic mass is 10.1. The molecule has 0 N–H and O–H groups in total. The van der Waals surface area contributed by atoms with Crippen LogP contribution >= 0.6 is 0 Å². The number of hydrogen-bond acceptors (Lipinski definition) is 6. The number of nitrogens with zero attached hydrogens (tertiary/aromatic N) is 1. The molecule has 102 valence electrons. The largest absolute Gasteiger partial charge is 0.465 e. The molecule has 7 nitrogen and oxygen atoms in total. The number of nitro benzene ring substituents is 1. The van der Waals surface area contributed by atoms with Crippen LogP contribution in [0.15, 0.2) is 12.1 Å². The second-order valence-corrected chi connectivity index (χ2v) is 3.50. The number of hydrogen-bond donors (Lipinski definition) is 0. The van der Waals surface area contributed by atoms with Crippen LogP contribution in [0.5, 0.6) is 0 Å². The number of rotatable bonds is 4. The van der Waals surface area contributed by atoms with Crippen molar-refractivity contribution >= 4 is 17.6 Å². The molecule has 0 aliphatic carbocycles. The summed E-state index contributed by atoms with van der Waals surface area (Å²) >= 11 is 0. The van der Waals surface area contributed by atoms with Crippen LogP contribution in [0.1, 0.15) is 22.8 Å². The molecular formula is C11H10FNO6. The summed E-state index contributed by atoms with van der Waals surface area (Å²) in [5.74, 6) is -2.68. The van der Waals surface area contributed by atoms with Crippen molar-refractivity contribution in [1.29, 1.82) is 0 Å². The molecule has 0 fully saturated rings. The Morgan fingerprint density at radius 1 is 1.42 bits per heavy atom. The van der Waals surface area contributed by atoms with Gasteiger partial charge in [0.15, 0.2) is 0 Å². The quantitative estimate of drug-likeness (QED) is 0.468. The highest BCUT2D eigenvalue weighted by Crippen LogP contribution is 2.24. The van der Waals surface area contributed by atoms with Crippen LogP contribution in [0, 0.1) is 15.9 Å². The Kier molecular flexibility index (Phi) is 4.51. The van der Waals surface area contributed by atoms with E-state index in [1.165, 1.54) is 0 Å². The van der Waals surface area contributed by atoms with Gasteiger partial charge in [0.1, 0.15) is 6.61 Å². The van der Waals surface area contributed by atoms with Gasteiger partial charge in [-0.05, 0) is 6.07 Å². The van der Waals surface area contributed by atoms with E-state index in [2.05, 4.69) is 9.47 Å². The Morgan fingerprint density at radius 3 is 2.53 bits per heavy atom. The number of nitro groups is 1. The van der Waals surface area contributed by atoms with Crippen LogP contribution in [0.25, 0.3) is 0 Å². The van der Waals surface area contributed by atoms with E-state index in [1.807, 2.05) is 0 Å². The van der Waals surface area contributed by atoms with Gasteiger partial charge < -0.3 is 9.47 Å². The molecule has 1 rings (SSSR count). The highest BCUT2D eigenvalue weighted by molar-refractivity contribution is 5.90. The van der Waals surface area contributed by atoms with Crippen LogP contribution in [-0.2, 0) is 20.9 Å². The predicted molar refractivity (Wildman–Crippen MR) is 59.9 cm³/mol. The van der Waals surface area contributed by atoms with Gasteiger partial charge in [0.05, 0.1) is 17.6 Å². The fourth-order valence-electron chi connectivity index (χ4n) is 1.32. The Hall–Kier alpha value is -2.51. The standard InChI is InChI=1S/C11H10FNO6/c1-6(14)19-5-8-3-7(11(15)18-2)4-9(10(8)12)13(16)17/h3-4H,5H2,1-2H3. The zero-order valence-electron chi connectivity index (χ0n) is 10.1. The normalized spacial score (nSPS) is 9.84. The Labute approximate surface area is 107 Å². The molecule has 0 aromatic heterocycles. The van der Waals surface area contributed by atoms with E-state index < -0.39 is 35.0 Å². The fraction of sp³-hybridized carbons (Fsp3) is 0.273. The van der Waals surface area contributed by atoms with E-state index in [0.717, 1.165) is 26.2 Å². The molecule has 0 unspecified atom stereocenters. The van der Waals surface area contributed by atoms with Gasteiger partial charge in [0, 0.05) is 18.6 Å². The van der Waals surface area contributed by atoms with Crippen molar-refractivity contribution in [3.05, 3.63) is 39.2 Å². The van der Waals surface area contributed by atoms with Crippen LogP contribution in [-0.4, -0.2) is 24.0 Å². The maximum Gasteiger partial charge on any atom is 0.338 e. The van der Waals surface area contributed by atoms with E-state index in [1.54, 1.807) is 0 Å². The summed E-state index contributed by atoms with van der Waals surface area (Å²) in [5, 5.41) is 10.7. The van der Waals surface area contributed by atoms with Crippen LogP contribution in [0.4, 0.5) is 10.1 Å². The lowest BCUT2D eigenvalue weighted by molar-refractivity contribution is -0.387. The molecule has 0 bridgehead atoms. The number of carbonyl (C=O) groups is 2. The number of carbonyl (C=O) groups excluding carboxylic acids is 2. The summed E-state index contributed by atoms with van der Waals surface area (Å²) < 4.78 is 22.7. The van der Waals surface area contributed by atoms with Gasteiger partial charge in [-0.1, -0.05) is 0 Å². The third-order valence-corrected chi connectivity index (χ3v) is 2.18. The molecule has 1 aromatic carbocycles. The van der Waals surface area contributed by atoms with Crippen LogP contribution in [0.3, 0.4) is 0 Å². The summed E-state index contributed by atoms with van der Waals surface area (Å²) in [5.41, 5.74) is -1.35. The minimum Gasteiger partial charge on any atom is -0.465 e. The number of methoxy groups -OCH3 is 1. The number of esters is 2. The maximum absolute atomic E-state index is 13.7. The minimum atomic E-state index is -1.15. The average Bonchev–Trinajstić information content (AvgIpc) is 2.36. The number of benzene rings is 1. The van der Waals surface area contributed by atoms with Gasteiger partial charge in [-0.2, -0.15) is 4.39 Å². The molecule has 0 saturated heterocycles. The van der Waals surface area contributed by atoms with E-state index in [4.69, 9.17) is 0 Å². The summed E-state index contributed by atoms with van der Waals surface area (Å²) in [6.07, 6.45) is 0. The van der Waals surface area contributed by atoms with Crippen LogP contribution < -0.4 is 0 Å². The second-order valence-electron chi connectivity index (χ2n) is 3.50. The summed E-state index contributed by atoms with van der Waals surface area (Å²) in [6.45, 7) is 0.601. The third kappa shape index (κ3) is 3.47. The predicted octanol–water partition coefficient (Wildman–Crippen LogP) is 1.58. The molecule has 0 saturated carbocycles. The maximum atomic E-state index is 13.7. The van der Waals surface area contributed by atoms with E-state index >= 15 is 0 Å². The van der Waals surface area contributed by atoms with Crippen molar-refractivity contribution in [2.24, 2.45) is 0 Å². The van der Waals surface area contributed by atoms with Crippen molar-refractivity contribution in [3.8, 4) is 0 Å². The zero-order valence-corrected chi connectivity index (χ0v) is 10.1. The molecule has 0 spiro atoms. The first-order valence-electron chi connectivity index (χ1n) is 5.05. The molecule has 0 atom stereocenters. The summed E-state index contributed by atoms with van der Waals surface area (Å²) in [4.78, 5) is 31.7. The van der Waals surface area contributed by atoms with E-state index in [-0.39, 0.29) is 11.1 Å². The van der Waals surface area contributed by atoms with Crippen molar-refractivity contribution in [2.45, 2.75) is 13.5 Å². The Balaban J connectivity index is 3.27. The molecule has 19 heavy (non-hydrogen) atoms. The van der Waals surface area contributed by atoms with Gasteiger partial charge in [-0.3, -0.25) is 14.9 Å². The van der Waals surface area contributed by atoms with E-state index in [0.29, 0.717) is 0 Å². The van der Waals surface area contributed by atoms with Crippen molar-refractivity contribution in [3.63, 3.8) is 0 Å². The minimum absolute atomic E-state index is 0.197. The first-order valence-corrected chi connectivity index (χ1v) is 5.05. The van der Waals surface area contributed by atoms with Crippen molar-refractivity contribution < 1.29 is 28.4 Å². The van der Waals surface area contributed by atoms with E-state index in [9.17, 15) is 24.1 Å². The zero-order chi connectivity index (χ0) is 14.6. The van der Waals surface area contributed by atoms with Gasteiger partial charge >= 0.3 is 17.6 Å². The summed E-state index contributed by atoms with van der Waals surface area (Å²) in [6, 6.07) is 1.80. The Bertz CT molecular complexity index is 542. The first-order chi connectivity index (χ1) is 8.86. The lowest BCUT2D eigenvalue weighted by Gasteiger charge is -2.07. The first kappa shape index (κ1) is 14.6. The molecule has 0 heterocycles. The van der Waals surface area contributed by atoms with Crippen molar-refractivity contribution in [1.82, 2.24) is 0 Å². The Morgan fingerprint density at radius 2 is 2.05 bits per heavy atom. The topological polar surface area (TPSA) is 95.7 Å². The molecule has 8 heteroatoms. The number of halogens is 1. The molecule has 0 radical (unpaired) electrons. The highest BCUT2D eigenvalue weighted by Gasteiger charge is 2.23. The SMILES string of the molecule is COC(=O)c1cc(COC(C)=O)c(F)c([N+](=O)[O-])c1. The van der Waals surface area contributed by atoms with Gasteiger partial charge in [0.2, 0.25) is 5.82 Å². The monoisotopic (exact) mass is 271 g/mol. The molecule has 0 aliphatic heterocycles. The second kappa shape index (κ2) is 5.89. The molecule has 1 aromatic rings. The smallest absolute Gasteiger partial charge is 0.338 e. The van der Waals surface area contributed by atoms with Gasteiger partial charge in [0.25, 0.3) is 0 Å². The van der Waals surface area contributed by atoms with Gasteiger partial charge in [-0.25, -0.2) is 4.79 Å². The molecule has 0 amide bonds. The molecular weight excluding hydrogens is 261 g/mol. The van der Waals surface area contributed by atoms with Crippen LogP contribution in [0.2, 0.25) is 0 Å². The number of ether oxygens (including phenoxy) is 2. The summed E-state index contributed by atoms with van der Waals surface area (Å²) in [7, 11) is 1.09. The highest BCUT2D eigenvalue weighted by atomic mass is 19.1. The lowest BCUT2D eigenvalue weighted by Crippen LogP contribution is -2.08. The van der Waals surface area contributed by atoms with Crippen molar-refractivity contribution in [2.75, 3.05) is 7.11 Å². The van der Waals surface area contributed by atoms with Gasteiger partial charge in [-0.15, -0.1) is 0 Å². The average molecular weight is 271 g/mol. The fourth-order valence-corrected chi connectivity index (χ4v) is 1.32. The third-order valence-electron chi connectivity index (χ3n) is 2.18. The molecule has 0 aliphatic rings.